The average Bonchev–Trinajstić information content (AvgIpc) is 2.04. The number of Topliss-reactive ketones (excluding diaryl/α,β-unsaturated/α-hetero) is 1. The number of ether oxygens (including phenoxy) is 1. The van der Waals surface area contributed by atoms with Crippen molar-refractivity contribution in [3.63, 3.8) is 0 Å². The minimum Gasteiger partial charge on any atom is -0.381 e. The van der Waals surface area contributed by atoms with Crippen LogP contribution in [0.1, 0.15) is 39.5 Å². The van der Waals surface area contributed by atoms with Crippen LogP contribution in [0.2, 0.25) is 0 Å². The minimum absolute atomic E-state index is 0.408. The Hall–Kier alpha value is -0.370. The zero-order chi connectivity index (χ0) is 9.68. The molecule has 76 valence electrons. The fraction of sp³-hybridized carbons (Fsp3) is 0.909. The molecule has 2 heteroatoms. The molecule has 1 saturated heterocycles. The van der Waals surface area contributed by atoms with E-state index in [1.165, 1.54) is 6.42 Å². The highest BCUT2D eigenvalue weighted by molar-refractivity contribution is 5.78. The molecule has 0 aromatic heterocycles. The maximum absolute atomic E-state index is 11.5. The summed E-state index contributed by atoms with van der Waals surface area (Å²) in [5.74, 6) is 1.41. The first kappa shape index (κ1) is 10.7. The van der Waals surface area contributed by atoms with Crippen molar-refractivity contribution in [1.82, 2.24) is 0 Å². The van der Waals surface area contributed by atoms with Crippen LogP contribution in [0.4, 0.5) is 0 Å². The molecule has 0 bridgehead atoms. The lowest BCUT2D eigenvalue weighted by Crippen LogP contribution is -2.20. The monoisotopic (exact) mass is 184 g/mol. The molecule has 1 rings (SSSR count). The van der Waals surface area contributed by atoms with E-state index in [1.807, 2.05) is 0 Å². The molecule has 0 radical (unpaired) electrons. The van der Waals surface area contributed by atoms with E-state index in [1.54, 1.807) is 0 Å². The van der Waals surface area contributed by atoms with Crippen molar-refractivity contribution in [2.24, 2.45) is 11.8 Å². The molecule has 0 aliphatic carbocycles. The van der Waals surface area contributed by atoms with Gasteiger partial charge in [-0.2, -0.15) is 0 Å². The maximum atomic E-state index is 11.5. The molecule has 0 saturated carbocycles. The van der Waals surface area contributed by atoms with Gasteiger partial charge in [0.2, 0.25) is 0 Å². The first-order chi connectivity index (χ1) is 6.18. The molecule has 0 amide bonds. The first-order valence-corrected chi connectivity index (χ1v) is 5.28. The summed E-state index contributed by atoms with van der Waals surface area (Å²) in [6.45, 7) is 5.86. The van der Waals surface area contributed by atoms with Crippen LogP contribution in [0.3, 0.4) is 0 Å². The van der Waals surface area contributed by atoms with Gasteiger partial charge in [0, 0.05) is 26.1 Å². The number of rotatable bonds is 4. The van der Waals surface area contributed by atoms with E-state index >= 15 is 0 Å². The summed E-state index contributed by atoms with van der Waals surface area (Å²) < 4.78 is 5.34. The second kappa shape index (κ2) is 5.38. The van der Waals surface area contributed by atoms with Gasteiger partial charge < -0.3 is 4.74 Å². The molecule has 2 nitrogen and oxygen atoms in total. The van der Waals surface area contributed by atoms with E-state index in [2.05, 4.69) is 13.8 Å². The average molecular weight is 184 g/mol. The number of carbonyl (C=O) groups is 1. The van der Waals surface area contributed by atoms with Crippen molar-refractivity contribution in [3.05, 3.63) is 0 Å². The molecule has 0 spiro atoms. The highest BCUT2D eigenvalue weighted by atomic mass is 16.5. The number of carbonyl (C=O) groups excluding carboxylic acids is 1. The third-order valence-corrected chi connectivity index (χ3v) is 2.41. The SMILES string of the molecule is CC(C)CC(=O)CC1CCCOC1. The molecule has 1 atom stereocenters. The van der Waals surface area contributed by atoms with E-state index in [9.17, 15) is 4.79 Å². The van der Waals surface area contributed by atoms with E-state index in [-0.39, 0.29) is 0 Å². The predicted molar refractivity (Wildman–Crippen MR) is 52.6 cm³/mol. The topological polar surface area (TPSA) is 26.3 Å². The molecule has 0 aromatic carbocycles. The van der Waals surface area contributed by atoms with Crippen LogP contribution < -0.4 is 0 Å². The van der Waals surface area contributed by atoms with Gasteiger partial charge in [-0.1, -0.05) is 13.8 Å². The standard InChI is InChI=1S/C11H20O2/c1-9(2)6-11(12)7-10-4-3-5-13-8-10/h9-10H,3-8H2,1-2H3. The van der Waals surface area contributed by atoms with Gasteiger partial charge in [0.1, 0.15) is 5.78 Å². The Kier molecular flexibility index (Phi) is 4.43. The summed E-state index contributed by atoms with van der Waals surface area (Å²) in [5, 5.41) is 0. The molecule has 1 aliphatic rings. The number of hydrogen-bond donors (Lipinski definition) is 0. The summed E-state index contributed by atoms with van der Waals surface area (Å²) in [6.07, 6.45) is 3.76. The number of hydrogen-bond acceptors (Lipinski definition) is 2. The summed E-state index contributed by atoms with van der Waals surface area (Å²) in [6, 6.07) is 0. The Morgan fingerprint density at radius 2 is 2.31 bits per heavy atom. The van der Waals surface area contributed by atoms with E-state index in [0.29, 0.717) is 17.6 Å². The van der Waals surface area contributed by atoms with Gasteiger partial charge in [0.05, 0.1) is 0 Å². The Bertz CT molecular complexity index is 157. The Balaban J connectivity index is 2.18. The van der Waals surface area contributed by atoms with Crippen LogP contribution in [-0.2, 0) is 9.53 Å². The lowest BCUT2D eigenvalue weighted by Gasteiger charge is -2.21. The summed E-state index contributed by atoms with van der Waals surface area (Å²) in [4.78, 5) is 11.5. The minimum atomic E-state index is 0.408. The Morgan fingerprint density at radius 3 is 2.85 bits per heavy atom. The molecular formula is C11H20O2. The van der Waals surface area contributed by atoms with Crippen molar-refractivity contribution >= 4 is 5.78 Å². The van der Waals surface area contributed by atoms with Gasteiger partial charge in [0.25, 0.3) is 0 Å². The van der Waals surface area contributed by atoms with Gasteiger partial charge in [-0.15, -0.1) is 0 Å². The zero-order valence-electron chi connectivity index (χ0n) is 8.71. The fourth-order valence-electron chi connectivity index (χ4n) is 1.83. The normalized spacial score (nSPS) is 23.5. The fourth-order valence-corrected chi connectivity index (χ4v) is 1.83. The van der Waals surface area contributed by atoms with Crippen LogP contribution in [0.25, 0.3) is 0 Å². The lowest BCUT2D eigenvalue weighted by molar-refractivity contribution is -0.121. The molecule has 1 unspecified atom stereocenters. The summed E-state index contributed by atoms with van der Waals surface area (Å²) in [7, 11) is 0. The second-order valence-electron chi connectivity index (χ2n) is 4.42. The largest absolute Gasteiger partial charge is 0.381 e. The van der Waals surface area contributed by atoms with Gasteiger partial charge >= 0.3 is 0 Å². The van der Waals surface area contributed by atoms with Crippen LogP contribution in [-0.4, -0.2) is 19.0 Å². The van der Waals surface area contributed by atoms with Crippen LogP contribution in [0.15, 0.2) is 0 Å². The molecule has 1 aliphatic heterocycles. The van der Waals surface area contributed by atoms with Gasteiger partial charge in [-0.05, 0) is 24.7 Å². The molecule has 0 aromatic rings. The van der Waals surface area contributed by atoms with Gasteiger partial charge in [-0.3, -0.25) is 4.79 Å². The predicted octanol–water partition coefficient (Wildman–Crippen LogP) is 2.42. The summed E-state index contributed by atoms with van der Waals surface area (Å²) >= 11 is 0. The third kappa shape index (κ3) is 4.41. The van der Waals surface area contributed by atoms with Crippen LogP contribution in [0.5, 0.6) is 0 Å². The van der Waals surface area contributed by atoms with Crippen LogP contribution >= 0.6 is 0 Å². The Morgan fingerprint density at radius 1 is 1.54 bits per heavy atom. The van der Waals surface area contributed by atoms with Crippen molar-refractivity contribution in [1.29, 1.82) is 0 Å². The van der Waals surface area contributed by atoms with Crippen molar-refractivity contribution in [2.45, 2.75) is 39.5 Å². The van der Waals surface area contributed by atoms with Crippen molar-refractivity contribution < 1.29 is 9.53 Å². The smallest absolute Gasteiger partial charge is 0.133 e. The second-order valence-corrected chi connectivity index (χ2v) is 4.42. The molecule has 13 heavy (non-hydrogen) atoms. The van der Waals surface area contributed by atoms with Gasteiger partial charge in [-0.25, -0.2) is 0 Å². The maximum Gasteiger partial charge on any atom is 0.133 e. The van der Waals surface area contributed by atoms with E-state index in [4.69, 9.17) is 4.74 Å². The van der Waals surface area contributed by atoms with Crippen molar-refractivity contribution in [3.8, 4) is 0 Å². The van der Waals surface area contributed by atoms with Crippen LogP contribution in [0, 0.1) is 11.8 Å². The first-order valence-electron chi connectivity index (χ1n) is 5.28. The third-order valence-electron chi connectivity index (χ3n) is 2.41. The highest BCUT2D eigenvalue weighted by Gasteiger charge is 2.17. The Labute approximate surface area is 80.7 Å². The highest BCUT2D eigenvalue weighted by Crippen LogP contribution is 2.18. The zero-order valence-corrected chi connectivity index (χ0v) is 8.71. The van der Waals surface area contributed by atoms with E-state index in [0.717, 1.165) is 32.5 Å². The molecule has 1 heterocycles. The summed E-state index contributed by atoms with van der Waals surface area (Å²) in [5.41, 5.74) is 0. The quantitative estimate of drug-likeness (QED) is 0.670. The molecule has 0 N–H and O–H groups in total. The lowest BCUT2D eigenvalue weighted by atomic mass is 9.93. The van der Waals surface area contributed by atoms with Crippen molar-refractivity contribution in [2.75, 3.05) is 13.2 Å². The number of ketones is 1. The van der Waals surface area contributed by atoms with E-state index < -0.39 is 0 Å². The molecule has 1 fully saturated rings. The van der Waals surface area contributed by atoms with Gasteiger partial charge in [0.15, 0.2) is 0 Å². The molecular weight excluding hydrogens is 164 g/mol.